The number of amides is 2. The number of nitrogens with one attached hydrogen (secondary N) is 1. The summed E-state index contributed by atoms with van der Waals surface area (Å²) in [7, 11) is 0. The number of hydrogen-bond acceptors (Lipinski definition) is 7. The fourth-order valence-corrected chi connectivity index (χ4v) is 3.78. The molecule has 0 radical (unpaired) electrons. The first kappa shape index (κ1) is 23.0. The fourth-order valence-electron chi connectivity index (χ4n) is 3.51. The molecule has 2 amide bonds. The summed E-state index contributed by atoms with van der Waals surface area (Å²) in [5.41, 5.74) is 0.811. The quantitative estimate of drug-likeness (QED) is 0.617. The number of nitrogens with zero attached hydrogens (tertiary/aromatic N) is 3. The van der Waals surface area contributed by atoms with Crippen molar-refractivity contribution in [2.24, 2.45) is 0 Å². The highest BCUT2D eigenvalue weighted by molar-refractivity contribution is 7.80. The van der Waals surface area contributed by atoms with Crippen molar-refractivity contribution in [1.29, 1.82) is 0 Å². The van der Waals surface area contributed by atoms with E-state index in [1.54, 1.807) is 17.0 Å². The summed E-state index contributed by atoms with van der Waals surface area (Å²) in [4.78, 5) is 28.6. The zero-order valence-corrected chi connectivity index (χ0v) is 18.4. The first-order chi connectivity index (χ1) is 14.8. The summed E-state index contributed by atoms with van der Waals surface area (Å²) in [5, 5.41) is 12.1. The topological polar surface area (TPSA) is 94.6 Å². The minimum atomic E-state index is -0.550. The molecule has 31 heavy (non-hydrogen) atoms. The van der Waals surface area contributed by atoms with Gasteiger partial charge < -0.3 is 29.7 Å². The van der Waals surface area contributed by atoms with Gasteiger partial charge in [-0.2, -0.15) is 0 Å². The van der Waals surface area contributed by atoms with E-state index in [0.29, 0.717) is 44.1 Å². The summed E-state index contributed by atoms with van der Waals surface area (Å²) in [6.07, 6.45) is -1.05. The molecule has 170 valence electrons. The van der Waals surface area contributed by atoms with Gasteiger partial charge in [0.25, 0.3) is 5.17 Å². The van der Waals surface area contributed by atoms with Crippen LogP contribution in [-0.4, -0.2) is 85.3 Å². The summed E-state index contributed by atoms with van der Waals surface area (Å²) < 4.78 is 25.5. The lowest BCUT2D eigenvalue weighted by molar-refractivity contribution is -0.134. The molecule has 1 aromatic carbocycles. The molecule has 0 unspecified atom stereocenters. The summed E-state index contributed by atoms with van der Waals surface area (Å²) >= 11 is 5.06. The monoisotopic (exact) mass is 454 g/mol. The number of ether oxygens (including phenoxy) is 2. The van der Waals surface area contributed by atoms with Crippen LogP contribution in [0.3, 0.4) is 0 Å². The van der Waals surface area contributed by atoms with E-state index in [2.05, 4.69) is 5.32 Å². The number of aliphatic hydroxyl groups is 1. The van der Waals surface area contributed by atoms with Crippen molar-refractivity contribution in [3.05, 3.63) is 24.0 Å². The normalized spacial score (nSPS) is 18.9. The van der Waals surface area contributed by atoms with Crippen molar-refractivity contribution < 1.29 is 28.6 Å². The number of benzene rings is 1. The van der Waals surface area contributed by atoms with E-state index in [0.717, 1.165) is 0 Å². The van der Waals surface area contributed by atoms with Crippen LogP contribution in [0.4, 0.5) is 20.6 Å². The van der Waals surface area contributed by atoms with Gasteiger partial charge in [-0.15, -0.1) is 0 Å². The van der Waals surface area contributed by atoms with Crippen molar-refractivity contribution in [2.45, 2.75) is 26.1 Å². The van der Waals surface area contributed by atoms with E-state index in [9.17, 15) is 14.0 Å². The van der Waals surface area contributed by atoms with Gasteiger partial charge in [-0.1, -0.05) is 0 Å². The Bertz CT molecular complexity index is 832. The molecule has 0 spiro atoms. The average molecular weight is 455 g/mol. The molecule has 9 nitrogen and oxygen atoms in total. The number of halogens is 1. The summed E-state index contributed by atoms with van der Waals surface area (Å²) in [6, 6.07) is 4.61. The van der Waals surface area contributed by atoms with E-state index >= 15 is 0 Å². The zero-order chi connectivity index (χ0) is 22.5. The van der Waals surface area contributed by atoms with Gasteiger partial charge in [-0.3, -0.25) is 9.69 Å². The number of thiocarbonyl (C=S) groups is 1. The number of rotatable bonds is 6. The van der Waals surface area contributed by atoms with Crippen molar-refractivity contribution in [1.82, 2.24) is 10.2 Å². The number of cyclic esters (lactones) is 1. The SMILES string of the molecule is CC(C)OC(=S)NC[C@H]1CN(c2ccc(N3CCN(C(=O)CO)CC3)c(F)c2)C(=O)O1. The maximum Gasteiger partial charge on any atom is 0.414 e. The van der Waals surface area contributed by atoms with E-state index in [4.69, 9.17) is 26.8 Å². The highest BCUT2D eigenvalue weighted by Crippen LogP contribution is 2.28. The standard InChI is InChI=1S/C20H27FN4O5S/c1-13(2)29-19(31)22-10-15-11-25(20(28)30-15)14-3-4-17(16(21)9-14)23-5-7-24(8-6-23)18(27)12-26/h3-4,9,13,15,26H,5-8,10-12H2,1-2H3,(H,22,31)/t15-/m0/s1. The lowest BCUT2D eigenvalue weighted by Gasteiger charge is -2.36. The third-order valence-electron chi connectivity index (χ3n) is 5.04. The van der Waals surface area contributed by atoms with Crippen molar-refractivity contribution >= 4 is 40.8 Å². The third kappa shape index (κ3) is 5.73. The molecule has 1 aromatic rings. The molecule has 0 aromatic heterocycles. The Balaban J connectivity index is 1.58. The molecular weight excluding hydrogens is 427 g/mol. The predicted octanol–water partition coefficient (Wildman–Crippen LogP) is 1.09. The van der Waals surface area contributed by atoms with Gasteiger partial charge in [0.1, 0.15) is 18.5 Å². The largest absolute Gasteiger partial charge is 0.468 e. The molecule has 2 fully saturated rings. The van der Waals surface area contributed by atoms with Gasteiger partial charge in [-0.25, -0.2) is 9.18 Å². The summed E-state index contributed by atoms with van der Waals surface area (Å²) in [6.45, 7) is 5.49. The van der Waals surface area contributed by atoms with Crippen LogP contribution >= 0.6 is 12.2 Å². The Hall–Kier alpha value is -2.66. The fraction of sp³-hybridized carbons (Fsp3) is 0.550. The van der Waals surface area contributed by atoms with Gasteiger partial charge in [0.2, 0.25) is 5.91 Å². The molecule has 1 atom stereocenters. The molecule has 11 heteroatoms. The predicted molar refractivity (Wildman–Crippen MR) is 117 cm³/mol. The second-order valence-corrected chi connectivity index (χ2v) is 7.98. The molecule has 2 heterocycles. The smallest absolute Gasteiger partial charge is 0.414 e. The molecule has 2 aliphatic rings. The lowest BCUT2D eigenvalue weighted by Crippen LogP contribution is -2.49. The molecule has 0 saturated carbocycles. The highest BCUT2D eigenvalue weighted by atomic mass is 32.1. The van der Waals surface area contributed by atoms with Crippen LogP contribution in [0.2, 0.25) is 0 Å². The molecular formula is C20H27FN4O5S. The van der Waals surface area contributed by atoms with Crippen molar-refractivity contribution in [3.8, 4) is 0 Å². The maximum atomic E-state index is 14.8. The molecule has 0 aliphatic carbocycles. The van der Waals surface area contributed by atoms with E-state index in [1.807, 2.05) is 18.7 Å². The minimum Gasteiger partial charge on any atom is -0.468 e. The van der Waals surface area contributed by atoms with Gasteiger partial charge in [-0.05, 0) is 44.3 Å². The second-order valence-electron chi connectivity index (χ2n) is 7.61. The van der Waals surface area contributed by atoms with Crippen molar-refractivity contribution in [2.75, 3.05) is 55.7 Å². The first-order valence-electron chi connectivity index (χ1n) is 10.1. The van der Waals surface area contributed by atoms with Gasteiger partial charge in [0.15, 0.2) is 0 Å². The number of anilines is 2. The lowest BCUT2D eigenvalue weighted by atomic mass is 10.2. The molecule has 2 aliphatic heterocycles. The van der Waals surface area contributed by atoms with E-state index in [-0.39, 0.29) is 23.7 Å². The first-order valence-corrected chi connectivity index (χ1v) is 10.5. The van der Waals surface area contributed by atoms with Crippen LogP contribution in [0.5, 0.6) is 0 Å². The van der Waals surface area contributed by atoms with Crippen LogP contribution < -0.4 is 15.1 Å². The Labute approximate surface area is 185 Å². The number of carbonyl (C=O) groups is 2. The highest BCUT2D eigenvalue weighted by Gasteiger charge is 2.33. The van der Waals surface area contributed by atoms with Crippen LogP contribution in [0.1, 0.15) is 13.8 Å². The Kier molecular flexibility index (Phi) is 7.50. The Morgan fingerprint density at radius 1 is 1.35 bits per heavy atom. The van der Waals surface area contributed by atoms with Crippen LogP contribution in [0.15, 0.2) is 18.2 Å². The minimum absolute atomic E-state index is 0.0535. The average Bonchev–Trinajstić information content (AvgIpc) is 3.12. The number of hydrogen-bond donors (Lipinski definition) is 2. The Morgan fingerprint density at radius 2 is 2.06 bits per heavy atom. The molecule has 2 saturated heterocycles. The summed E-state index contributed by atoms with van der Waals surface area (Å²) in [5.74, 6) is -0.788. The molecule has 0 bridgehead atoms. The van der Waals surface area contributed by atoms with E-state index in [1.165, 1.54) is 11.0 Å². The van der Waals surface area contributed by atoms with Crippen LogP contribution in [0, 0.1) is 5.82 Å². The van der Waals surface area contributed by atoms with Crippen LogP contribution in [-0.2, 0) is 14.3 Å². The third-order valence-corrected chi connectivity index (χ3v) is 5.28. The van der Waals surface area contributed by atoms with Gasteiger partial charge in [0, 0.05) is 26.2 Å². The van der Waals surface area contributed by atoms with Gasteiger partial charge in [0.05, 0.1) is 30.6 Å². The molecule has 2 N–H and O–H groups in total. The van der Waals surface area contributed by atoms with Gasteiger partial charge >= 0.3 is 6.09 Å². The zero-order valence-electron chi connectivity index (χ0n) is 17.5. The van der Waals surface area contributed by atoms with Crippen LogP contribution in [0.25, 0.3) is 0 Å². The molecule has 3 rings (SSSR count). The second kappa shape index (κ2) is 10.1. The van der Waals surface area contributed by atoms with Crippen molar-refractivity contribution in [3.63, 3.8) is 0 Å². The van der Waals surface area contributed by atoms with E-state index < -0.39 is 24.6 Å². The maximum absolute atomic E-state index is 14.8. The number of aliphatic hydroxyl groups excluding tert-OH is 1. The number of carbonyl (C=O) groups excluding carboxylic acids is 2. The number of piperazine rings is 1. The Morgan fingerprint density at radius 3 is 2.68 bits per heavy atom.